The molecule has 0 saturated carbocycles. The molecule has 0 aliphatic heterocycles. The highest BCUT2D eigenvalue weighted by Gasteiger charge is 2.16. The fourth-order valence-corrected chi connectivity index (χ4v) is 1.64. The lowest BCUT2D eigenvalue weighted by atomic mass is 10.1. The molecule has 0 bridgehead atoms. The van der Waals surface area contributed by atoms with Gasteiger partial charge in [0.15, 0.2) is 5.82 Å². The number of anilines is 2. The Hall–Kier alpha value is -2.11. The van der Waals surface area contributed by atoms with Crippen LogP contribution in [0.15, 0.2) is 4.42 Å². The summed E-state index contributed by atoms with van der Waals surface area (Å²) in [5.41, 5.74) is 12.9. The largest absolute Gasteiger partial charge is 0.466 e. The molecule has 2 aromatic rings. The van der Waals surface area contributed by atoms with Gasteiger partial charge in [-0.15, -0.1) is 0 Å². The number of aryl methyl sites for hydroxylation is 2. The van der Waals surface area contributed by atoms with Crippen LogP contribution in [-0.4, -0.2) is 15.0 Å². The lowest BCUT2D eigenvalue weighted by Gasteiger charge is -2.01. The maximum Gasteiger partial charge on any atom is 0.225 e. The minimum absolute atomic E-state index is 0.111. The van der Waals surface area contributed by atoms with E-state index in [1.807, 2.05) is 20.8 Å². The van der Waals surface area contributed by atoms with E-state index in [-0.39, 0.29) is 11.9 Å². The molecule has 0 atom stereocenters. The minimum atomic E-state index is 0.111. The van der Waals surface area contributed by atoms with Gasteiger partial charge in [0.25, 0.3) is 0 Å². The van der Waals surface area contributed by atoms with E-state index in [9.17, 15) is 0 Å². The third kappa shape index (κ3) is 1.58. The van der Waals surface area contributed by atoms with Crippen LogP contribution in [0.4, 0.5) is 11.9 Å². The third-order valence-corrected chi connectivity index (χ3v) is 2.45. The molecule has 0 radical (unpaired) electrons. The van der Waals surface area contributed by atoms with Gasteiger partial charge in [-0.2, -0.15) is 15.0 Å². The molecule has 84 valence electrons. The Morgan fingerprint density at radius 2 is 1.44 bits per heavy atom. The second-order valence-corrected chi connectivity index (χ2v) is 3.59. The lowest BCUT2D eigenvalue weighted by Crippen LogP contribution is -2.04. The smallest absolute Gasteiger partial charge is 0.225 e. The lowest BCUT2D eigenvalue weighted by molar-refractivity contribution is 0.503. The zero-order valence-electron chi connectivity index (χ0n) is 9.40. The Morgan fingerprint density at radius 3 is 1.88 bits per heavy atom. The second kappa shape index (κ2) is 3.48. The van der Waals surface area contributed by atoms with Gasteiger partial charge in [-0.05, 0) is 20.8 Å². The second-order valence-electron chi connectivity index (χ2n) is 3.59. The zero-order chi connectivity index (χ0) is 11.9. The van der Waals surface area contributed by atoms with Crippen molar-refractivity contribution in [2.45, 2.75) is 20.8 Å². The van der Waals surface area contributed by atoms with Crippen LogP contribution in [0.2, 0.25) is 0 Å². The molecule has 16 heavy (non-hydrogen) atoms. The van der Waals surface area contributed by atoms with Crippen molar-refractivity contribution in [1.29, 1.82) is 0 Å². The summed E-state index contributed by atoms with van der Waals surface area (Å²) in [4.78, 5) is 11.8. The summed E-state index contributed by atoms with van der Waals surface area (Å²) in [7, 11) is 0. The number of hydrogen-bond donors (Lipinski definition) is 2. The van der Waals surface area contributed by atoms with E-state index in [2.05, 4.69) is 15.0 Å². The molecule has 6 heteroatoms. The molecule has 0 aliphatic rings. The van der Waals surface area contributed by atoms with Crippen molar-refractivity contribution in [3.8, 4) is 11.4 Å². The van der Waals surface area contributed by atoms with Gasteiger partial charge in [0.1, 0.15) is 11.5 Å². The minimum Gasteiger partial charge on any atom is -0.466 e. The van der Waals surface area contributed by atoms with Crippen molar-refractivity contribution in [2.75, 3.05) is 11.5 Å². The maximum absolute atomic E-state index is 5.53. The van der Waals surface area contributed by atoms with Gasteiger partial charge in [-0.25, -0.2) is 0 Å². The zero-order valence-corrected chi connectivity index (χ0v) is 9.40. The molecule has 0 spiro atoms. The number of aromatic nitrogens is 3. The molecule has 0 saturated heterocycles. The Kier molecular flexibility index (Phi) is 2.26. The quantitative estimate of drug-likeness (QED) is 0.747. The highest BCUT2D eigenvalue weighted by molar-refractivity contribution is 5.64. The molecule has 0 aromatic carbocycles. The number of nitrogen functional groups attached to an aromatic ring is 2. The van der Waals surface area contributed by atoms with Crippen molar-refractivity contribution in [2.24, 2.45) is 0 Å². The summed E-state index contributed by atoms with van der Waals surface area (Å²) in [6.07, 6.45) is 0. The van der Waals surface area contributed by atoms with E-state index < -0.39 is 0 Å². The SMILES string of the molecule is Cc1oc(C)c(-c2nc(N)nc(N)n2)c1C. The van der Waals surface area contributed by atoms with Crippen molar-refractivity contribution < 1.29 is 4.42 Å². The Bertz CT molecular complexity index is 526. The van der Waals surface area contributed by atoms with Crippen LogP contribution in [-0.2, 0) is 0 Å². The van der Waals surface area contributed by atoms with E-state index >= 15 is 0 Å². The fraction of sp³-hybridized carbons (Fsp3) is 0.300. The van der Waals surface area contributed by atoms with Gasteiger partial charge < -0.3 is 15.9 Å². The maximum atomic E-state index is 5.53. The summed E-state index contributed by atoms with van der Waals surface area (Å²) in [6, 6.07) is 0. The Balaban J connectivity index is 2.67. The molecule has 4 N–H and O–H groups in total. The van der Waals surface area contributed by atoms with Gasteiger partial charge in [-0.1, -0.05) is 0 Å². The first-order valence-corrected chi connectivity index (χ1v) is 4.83. The molecule has 0 aliphatic carbocycles. The molecule has 2 heterocycles. The van der Waals surface area contributed by atoms with Gasteiger partial charge in [-0.3, -0.25) is 0 Å². The molecular formula is C10H13N5O. The highest BCUT2D eigenvalue weighted by atomic mass is 16.3. The summed E-state index contributed by atoms with van der Waals surface area (Å²) in [5, 5.41) is 0. The van der Waals surface area contributed by atoms with Crippen molar-refractivity contribution in [3.05, 3.63) is 17.1 Å². The predicted molar refractivity (Wildman–Crippen MR) is 60.6 cm³/mol. The van der Waals surface area contributed by atoms with Crippen molar-refractivity contribution in [1.82, 2.24) is 15.0 Å². The van der Waals surface area contributed by atoms with E-state index in [4.69, 9.17) is 15.9 Å². The number of furan rings is 1. The van der Waals surface area contributed by atoms with E-state index in [1.165, 1.54) is 0 Å². The molecular weight excluding hydrogens is 206 g/mol. The average molecular weight is 219 g/mol. The van der Waals surface area contributed by atoms with Crippen LogP contribution in [0.5, 0.6) is 0 Å². The topological polar surface area (TPSA) is 104 Å². The Morgan fingerprint density at radius 1 is 0.875 bits per heavy atom. The first-order valence-electron chi connectivity index (χ1n) is 4.83. The summed E-state index contributed by atoms with van der Waals surface area (Å²) < 4.78 is 5.50. The molecule has 0 unspecified atom stereocenters. The monoisotopic (exact) mass is 219 g/mol. The molecule has 0 amide bonds. The predicted octanol–water partition coefficient (Wildman–Crippen LogP) is 1.22. The number of nitrogens with two attached hydrogens (primary N) is 2. The van der Waals surface area contributed by atoms with Crippen LogP contribution < -0.4 is 11.5 Å². The number of rotatable bonds is 1. The van der Waals surface area contributed by atoms with Crippen molar-refractivity contribution in [3.63, 3.8) is 0 Å². The van der Waals surface area contributed by atoms with E-state index in [1.54, 1.807) is 0 Å². The van der Waals surface area contributed by atoms with Crippen molar-refractivity contribution >= 4 is 11.9 Å². The van der Waals surface area contributed by atoms with E-state index in [0.717, 1.165) is 22.6 Å². The van der Waals surface area contributed by atoms with Crippen LogP contribution >= 0.6 is 0 Å². The first-order chi connectivity index (χ1) is 7.49. The van der Waals surface area contributed by atoms with Crippen LogP contribution in [0.3, 0.4) is 0 Å². The third-order valence-electron chi connectivity index (χ3n) is 2.45. The van der Waals surface area contributed by atoms with Gasteiger partial charge in [0.05, 0.1) is 5.56 Å². The molecule has 2 aromatic heterocycles. The Labute approximate surface area is 92.7 Å². The van der Waals surface area contributed by atoms with Crippen LogP contribution in [0, 0.1) is 20.8 Å². The van der Waals surface area contributed by atoms with Crippen LogP contribution in [0.1, 0.15) is 17.1 Å². The number of nitrogens with zero attached hydrogens (tertiary/aromatic N) is 3. The van der Waals surface area contributed by atoms with Gasteiger partial charge in [0.2, 0.25) is 11.9 Å². The summed E-state index contributed by atoms with van der Waals surface area (Å²) in [6.45, 7) is 5.68. The summed E-state index contributed by atoms with van der Waals surface area (Å²) >= 11 is 0. The van der Waals surface area contributed by atoms with Crippen LogP contribution in [0.25, 0.3) is 11.4 Å². The molecule has 2 rings (SSSR count). The van der Waals surface area contributed by atoms with Gasteiger partial charge in [0, 0.05) is 5.56 Å². The highest BCUT2D eigenvalue weighted by Crippen LogP contribution is 2.29. The molecule has 6 nitrogen and oxygen atoms in total. The number of hydrogen-bond acceptors (Lipinski definition) is 6. The molecule has 0 fully saturated rings. The van der Waals surface area contributed by atoms with Gasteiger partial charge >= 0.3 is 0 Å². The average Bonchev–Trinajstić information content (AvgIpc) is 2.39. The fourth-order valence-electron chi connectivity index (χ4n) is 1.64. The standard InChI is InChI=1S/C10H13N5O/c1-4-5(2)16-6(3)7(4)8-13-9(11)15-10(12)14-8/h1-3H3,(H4,11,12,13,14,15). The first kappa shape index (κ1) is 10.4. The van der Waals surface area contributed by atoms with E-state index in [0.29, 0.717) is 5.82 Å². The summed E-state index contributed by atoms with van der Waals surface area (Å²) in [5.74, 6) is 2.27. The normalized spacial score (nSPS) is 10.7.